The Kier molecular flexibility index (Phi) is 4.43. The smallest absolute Gasteiger partial charge is 0.229 e. The Balaban J connectivity index is 2.58. The Morgan fingerprint density at radius 3 is 2.75 bits per heavy atom. The molecule has 1 unspecified atom stereocenters. The number of hydrogen-bond acceptors (Lipinski definition) is 6. The summed E-state index contributed by atoms with van der Waals surface area (Å²) in [4.78, 5) is 3.90. The molecule has 1 atom stereocenters. The maximum absolute atomic E-state index is 11.0. The Hall–Kier alpha value is -0.950. The molecule has 1 aromatic rings. The van der Waals surface area contributed by atoms with Crippen molar-refractivity contribution in [3.05, 3.63) is 11.7 Å². The van der Waals surface area contributed by atoms with Crippen molar-refractivity contribution in [2.24, 2.45) is 0 Å². The zero-order valence-corrected chi connectivity index (χ0v) is 10.2. The zero-order valence-electron chi connectivity index (χ0n) is 9.38. The van der Waals surface area contributed by atoms with Crippen LogP contribution in [0.5, 0.6) is 0 Å². The van der Waals surface area contributed by atoms with Gasteiger partial charge in [0.05, 0.1) is 12.5 Å². The van der Waals surface area contributed by atoms with E-state index < -0.39 is 15.9 Å². The Morgan fingerprint density at radius 1 is 1.50 bits per heavy atom. The normalized spacial score (nSPS) is 13.9. The lowest BCUT2D eigenvalue weighted by molar-refractivity contribution is 0.151. The lowest BCUT2D eigenvalue weighted by atomic mass is 10.1. The molecule has 0 radical (unpaired) electrons. The zero-order chi connectivity index (χ0) is 12.2. The van der Waals surface area contributed by atoms with E-state index >= 15 is 0 Å². The number of sulfone groups is 1. The third-order valence-corrected chi connectivity index (χ3v) is 2.72. The van der Waals surface area contributed by atoms with Crippen LogP contribution in [0.2, 0.25) is 0 Å². The lowest BCUT2D eigenvalue weighted by Crippen LogP contribution is -2.10. The van der Waals surface area contributed by atoms with Gasteiger partial charge in [-0.25, -0.2) is 8.42 Å². The van der Waals surface area contributed by atoms with Crippen LogP contribution in [0.15, 0.2) is 4.52 Å². The van der Waals surface area contributed by atoms with Crippen LogP contribution in [0.3, 0.4) is 0 Å². The summed E-state index contributed by atoms with van der Waals surface area (Å²) >= 11 is 0. The van der Waals surface area contributed by atoms with Gasteiger partial charge < -0.3 is 9.63 Å². The van der Waals surface area contributed by atoms with Crippen LogP contribution >= 0.6 is 0 Å². The molecule has 0 aromatic carbocycles. The molecule has 0 aliphatic heterocycles. The topological polar surface area (TPSA) is 93.3 Å². The molecule has 0 saturated heterocycles. The van der Waals surface area contributed by atoms with Crippen molar-refractivity contribution in [3.8, 4) is 0 Å². The summed E-state index contributed by atoms with van der Waals surface area (Å²) in [5.74, 6) is 0.182. The first kappa shape index (κ1) is 13.1. The van der Waals surface area contributed by atoms with Crippen LogP contribution in [0.1, 0.15) is 31.5 Å². The molecule has 0 saturated carbocycles. The van der Waals surface area contributed by atoms with Crippen LogP contribution in [0.25, 0.3) is 0 Å². The van der Waals surface area contributed by atoms with Crippen molar-refractivity contribution < 1.29 is 18.0 Å². The predicted octanol–water partition coefficient (Wildman–Crippen LogP) is 0.318. The Bertz CT molecular complexity index is 426. The Morgan fingerprint density at radius 2 is 2.19 bits per heavy atom. The van der Waals surface area contributed by atoms with Crippen LogP contribution in [0, 0.1) is 0 Å². The van der Waals surface area contributed by atoms with E-state index in [1.165, 1.54) is 0 Å². The second kappa shape index (κ2) is 5.40. The largest absolute Gasteiger partial charge is 0.393 e. The van der Waals surface area contributed by atoms with Gasteiger partial charge in [0.25, 0.3) is 0 Å². The molecule has 1 rings (SSSR count). The lowest BCUT2D eigenvalue weighted by Gasteiger charge is -2.03. The first-order valence-corrected chi connectivity index (χ1v) is 7.14. The fourth-order valence-electron chi connectivity index (χ4n) is 1.30. The molecule has 0 amide bonds. The van der Waals surface area contributed by atoms with Gasteiger partial charge in [-0.2, -0.15) is 4.98 Å². The molecular formula is C9H16N2O4S. The van der Waals surface area contributed by atoms with E-state index in [0.29, 0.717) is 6.42 Å². The molecule has 0 spiro atoms. The van der Waals surface area contributed by atoms with E-state index in [4.69, 9.17) is 4.52 Å². The van der Waals surface area contributed by atoms with Gasteiger partial charge in [0.1, 0.15) is 5.75 Å². The molecular weight excluding hydrogens is 232 g/mol. The summed E-state index contributed by atoms with van der Waals surface area (Å²) < 4.78 is 26.8. The highest BCUT2D eigenvalue weighted by Crippen LogP contribution is 2.07. The molecule has 1 N–H and O–H groups in total. The SMILES string of the molecule is CCCC(O)Cc1nc(CS(C)(=O)=O)no1. The number of nitrogens with zero attached hydrogens (tertiary/aromatic N) is 2. The quantitative estimate of drug-likeness (QED) is 0.779. The van der Waals surface area contributed by atoms with Gasteiger partial charge in [-0.3, -0.25) is 0 Å². The van der Waals surface area contributed by atoms with Crippen LogP contribution in [-0.4, -0.2) is 36.0 Å². The molecule has 0 bridgehead atoms. The minimum atomic E-state index is -3.15. The second-order valence-corrected chi connectivity index (χ2v) is 5.96. The fourth-order valence-corrected chi connectivity index (χ4v) is 1.89. The third kappa shape index (κ3) is 4.71. The minimum Gasteiger partial charge on any atom is -0.393 e. The van der Waals surface area contributed by atoms with Crippen LogP contribution < -0.4 is 0 Å². The highest BCUT2D eigenvalue weighted by molar-refractivity contribution is 7.89. The van der Waals surface area contributed by atoms with E-state index in [-0.39, 0.29) is 23.9 Å². The first-order valence-electron chi connectivity index (χ1n) is 5.08. The molecule has 0 aliphatic carbocycles. The molecule has 0 fully saturated rings. The standard InChI is InChI=1S/C9H16N2O4S/c1-3-4-7(12)5-9-10-8(11-15-9)6-16(2,13)14/h7,12H,3-6H2,1-2H3. The van der Waals surface area contributed by atoms with Crippen molar-refractivity contribution in [3.63, 3.8) is 0 Å². The maximum Gasteiger partial charge on any atom is 0.229 e. The fraction of sp³-hybridized carbons (Fsp3) is 0.778. The molecule has 16 heavy (non-hydrogen) atoms. The molecule has 1 heterocycles. The second-order valence-electron chi connectivity index (χ2n) is 3.82. The summed E-state index contributed by atoms with van der Waals surface area (Å²) in [5.41, 5.74) is 0. The average Bonchev–Trinajstić information content (AvgIpc) is 2.49. The van der Waals surface area contributed by atoms with Crippen molar-refractivity contribution in [1.29, 1.82) is 0 Å². The van der Waals surface area contributed by atoms with Crippen LogP contribution in [-0.2, 0) is 22.0 Å². The molecule has 7 heteroatoms. The van der Waals surface area contributed by atoms with Gasteiger partial charge in [-0.05, 0) is 6.42 Å². The molecule has 6 nitrogen and oxygen atoms in total. The number of aromatic nitrogens is 2. The van der Waals surface area contributed by atoms with Crippen molar-refractivity contribution in [2.75, 3.05) is 6.26 Å². The van der Waals surface area contributed by atoms with Crippen molar-refractivity contribution >= 4 is 9.84 Å². The van der Waals surface area contributed by atoms with Crippen molar-refractivity contribution in [2.45, 2.75) is 38.0 Å². The maximum atomic E-state index is 11.0. The van der Waals surface area contributed by atoms with Gasteiger partial charge >= 0.3 is 0 Å². The van der Waals surface area contributed by atoms with E-state index in [1.807, 2.05) is 6.92 Å². The minimum absolute atomic E-state index is 0.140. The van der Waals surface area contributed by atoms with Crippen LogP contribution in [0.4, 0.5) is 0 Å². The molecule has 1 aromatic heterocycles. The van der Waals surface area contributed by atoms with E-state index in [9.17, 15) is 13.5 Å². The highest BCUT2D eigenvalue weighted by Gasteiger charge is 2.14. The first-order chi connectivity index (χ1) is 7.40. The van der Waals surface area contributed by atoms with Crippen molar-refractivity contribution in [1.82, 2.24) is 10.1 Å². The van der Waals surface area contributed by atoms with Gasteiger partial charge in [0.15, 0.2) is 15.7 Å². The monoisotopic (exact) mass is 248 g/mol. The average molecular weight is 248 g/mol. The van der Waals surface area contributed by atoms with E-state index in [0.717, 1.165) is 12.7 Å². The van der Waals surface area contributed by atoms with E-state index in [2.05, 4.69) is 10.1 Å². The van der Waals surface area contributed by atoms with Gasteiger partial charge in [-0.15, -0.1) is 0 Å². The van der Waals surface area contributed by atoms with Gasteiger partial charge in [-0.1, -0.05) is 18.5 Å². The summed E-state index contributed by atoms with van der Waals surface area (Å²) in [7, 11) is -3.15. The molecule has 92 valence electrons. The highest BCUT2D eigenvalue weighted by atomic mass is 32.2. The summed E-state index contributed by atoms with van der Waals surface area (Å²) in [5, 5.41) is 13.0. The van der Waals surface area contributed by atoms with Gasteiger partial charge in [0.2, 0.25) is 5.89 Å². The predicted molar refractivity (Wildman–Crippen MR) is 57.5 cm³/mol. The Labute approximate surface area is 94.6 Å². The number of aliphatic hydroxyl groups excluding tert-OH is 1. The summed E-state index contributed by atoms with van der Waals surface area (Å²) in [6.45, 7) is 1.96. The van der Waals surface area contributed by atoms with E-state index in [1.54, 1.807) is 0 Å². The summed E-state index contributed by atoms with van der Waals surface area (Å²) in [6.07, 6.45) is 2.38. The molecule has 0 aliphatic rings. The summed E-state index contributed by atoms with van der Waals surface area (Å²) in [6, 6.07) is 0. The van der Waals surface area contributed by atoms with Gasteiger partial charge in [0, 0.05) is 6.26 Å². The number of hydrogen-bond donors (Lipinski definition) is 1. The number of rotatable bonds is 6. The number of aliphatic hydroxyl groups is 1. The third-order valence-electron chi connectivity index (χ3n) is 1.93.